The zero-order chi connectivity index (χ0) is 43.8. The maximum Gasteiger partial charge on any atom is 0.0540 e. The van der Waals surface area contributed by atoms with Gasteiger partial charge in [-0.25, -0.2) is 0 Å². The predicted octanol–water partition coefficient (Wildman–Crippen LogP) is 18.7. The van der Waals surface area contributed by atoms with Gasteiger partial charge in [0.1, 0.15) is 0 Å². The monoisotopic (exact) mass is 878 g/mol. The summed E-state index contributed by atoms with van der Waals surface area (Å²) in [7, 11) is 0. The van der Waals surface area contributed by atoms with Crippen molar-refractivity contribution in [2.24, 2.45) is 0 Å². The Morgan fingerprint density at radius 3 is 1.12 bits per heavy atom. The van der Waals surface area contributed by atoms with Gasteiger partial charge < -0.3 is 9.80 Å². The van der Waals surface area contributed by atoms with Gasteiger partial charge >= 0.3 is 0 Å². The largest absolute Gasteiger partial charge is 0.309 e. The van der Waals surface area contributed by atoms with E-state index in [0.717, 1.165) is 0 Å². The van der Waals surface area contributed by atoms with Crippen molar-refractivity contribution in [3.05, 3.63) is 204 Å². The molecule has 0 atom stereocenters. The second kappa shape index (κ2) is 12.8. The Morgan fingerprint density at radius 2 is 0.652 bits per heavy atom. The van der Waals surface area contributed by atoms with Gasteiger partial charge in [-0.2, -0.15) is 0 Å². The van der Waals surface area contributed by atoms with E-state index in [2.05, 4.69) is 219 Å². The summed E-state index contributed by atoms with van der Waals surface area (Å²) in [5.41, 5.74) is 12.5. The van der Waals surface area contributed by atoms with Crippen molar-refractivity contribution in [1.29, 1.82) is 0 Å². The highest BCUT2D eigenvalue weighted by molar-refractivity contribution is 7.26. The molecule has 66 heavy (non-hydrogen) atoms. The van der Waals surface area contributed by atoms with Crippen LogP contribution in [0.5, 0.6) is 0 Å². The van der Waals surface area contributed by atoms with Crippen LogP contribution in [0.2, 0.25) is 0 Å². The Labute approximate surface area is 390 Å². The first-order chi connectivity index (χ1) is 32.3. The summed E-state index contributed by atoms with van der Waals surface area (Å²) in [6.07, 6.45) is 0. The van der Waals surface area contributed by atoms with Crippen LogP contribution in [0.15, 0.2) is 182 Å². The van der Waals surface area contributed by atoms with Crippen LogP contribution in [-0.4, -0.2) is 0 Å². The van der Waals surface area contributed by atoms with Gasteiger partial charge in [0.2, 0.25) is 0 Å². The van der Waals surface area contributed by atoms with Crippen molar-refractivity contribution >= 4 is 140 Å². The van der Waals surface area contributed by atoms with Gasteiger partial charge in [-0.1, -0.05) is 149 Å². The highest BCUT2D eigenvalue weighted by Crippen LogP contribution is 2.58. The lowest BCUT2D eigenvalue weighted by Gasteiger charge is -2.42. The Morgan fingerprint density at radius 1 is 0.273 bits per heavy atom. The summed E-state index contributed by atoms with van der Waals surface area (Å²) >= 11 is 3.80. The number of hydrogen-bond acceptors (Lipinski definition) is 4. The van der Waals surface area contributed by atoms with E-state index in [4.69, 9.17) is 0 Å². The molecule has 13 aromatic rings. The van der Waals surface area contributed by atoms with Crippen LogP contribution in [0.3, 0.4) is 0 Å². The second-order valence-corrected chi connectivity index (χ2v) is 21.8. The number of benzene rings is 11. The van der Waals surface area contributed by atoms with Gasteiger partial charge in [0.05, 0.1) is 34.1 Å². The van der Waals surface area contributed by atoms with Crippen molar-refractivity contribution in [3.8, 4) is 0 Å². The van der Waals surface area contributed by atoms with Gasteiger partial charge in [0.25, 0.3) is 0 Å². The van der Waals surface area contributed by atoms with E-state index in [9.17, 15) is 0 Å². The minimum Gasteiger partial charge on any atom is -0.309 e. The Hall–Kier alpha value is -7.24. The number of para-hydroxylation sites is 2. The average Bonchev–Trinajstić information content (AvgIpc) is 3.90. The van der Waals surface area contributed by atoms with Crippen molar-refractivity contribution in [1.82, 2.24) is 0 Å². The Bertz CT molecular complexity index is 3970. The van der Waals surface area contributed by atoms with Gasteiger partial charge in [0.15, 0.2) is 0 Å². The van der Waals surface area contributed by atoms with Crippen molar-refractivity contribution in [3.63, 3.8) is 0 Å². The first kappa shape index (κ1) is 37.0. The van der Waals surface area contributed by atoms with Crippen molar-refractivity contribution in [2.75, 3.05) is 9.80 Å². The van der Waals surface area contributed by atoms with Crippen molar-refractivity contribution in [2.45, 2.75) is 38.5 Å². The van der Waals surface area contributed by atoms with E-state index in [0.29, 0.717) is 0 Å². The lowest BCUT2D eigenvalue weighted by atomic mass is 9.73. The molecule has 0 saturated carbocycles. The maximum absolute atomic E-state index is 2.57. The van der Waals surface area contributed by atoms with Gasteiger partial charge in [-0.15, -0.1) is 22.7 Å². The number of hydrogen-bond donors (Lipinski definition) is 0. The van der Waals surface area contributed by atoms with E-state index in [1.54, 1.807) is 0 Å². The van der Waals surface area contributed by atoms with E-state index in [1.807, 2.05) is 22.7 Å². The summed E-state index contributed by atoms with van der Waals surface area (Å²) in [5, 5.41) is 15.7. The molecule has 4 heterocycles. The van der Waals surface area contributed by atoms with E-state index >= 15 is 0 Å². The molecule has 0 aliphatic carbocycles. The molecule has 312 valence electrons. The molecule has 0 bridgehead atoms. The number of thiophene rings is 2. The molecular weight excluding hydrogens is 837 g/mol. The topological polar surface area (TPSA) is 6.48 Å². The number of anilines is 6. The van der Waals surface area contributed by atoms with E-state index < -0.39 is 0 Å². The molecular formula is C62H42N2S2. The van der Waals surface area contributed by atoms with Crippen molar-refractivity contribution < 1.29 is 0 Å². The van der Waals surface area contributed by atoms with Crippen LogP contribution in [0.4, 0.5) is 34.1 Å². The summed E-state index contributed by atoms with van der Waals surface area (Å²) in [6.45, 7) is 9.60. The van der Waals surface area contributed by atoms with Gasteiger partial charge in [-0.3, -0.25) is 0 Å². The number of nitrogens with zero attached hydrogens (tertiary/aromatic N) is 2. The highest BCUT2D eigenvalue weighted by Gasteiger charge is 2.40. The Balaban J connectivity index is 0.982. The van der Waals surface area contributed by atoms with Crippen LogP contribution < -0.4 is 9.80 Å². The fourth-order valence-electron chi connectivity index (χ4n) is 12.4. The number of rotatable bonds is 2. The molecule has 2 aliphatic heterocycles. The summed E-state index contributed by atoms with van der Waals surface area (Å²) in [5.74, 6) is 0. The fourth-order valence-corrected chi connectivity index (χ4v) is 14.7. The first-order valence-electron chi connectivity index (χ1n) is 23.1. The highest BCUT2D eigenvalue weighted by atomic mass is 32.1. The van der Waals surface area contributed by atoms with Gasteiger partial charge in [-0.05, 0) is 115 Å². The molecule has 2 aromatic heterocycles. The molecule has 0 unspecified atom stereocenters. The molecule has 15 rings (SSSR count). The molecule has 2 nitrogen and oxygen atoms in total. The molecule has 0 N–H and O–H groups in total. The quantitative estimate of drug-likeness (QED) is 0.126. The standard InChI is InChI=1S/C62H42N2S2/c1-61(2)45-21-7-9-23-51(45)63(53-33-57-43(31-47(53)61)35-15-5-11-25-55(35)65-57)49-29-27-39-38-18-14-20-42-50(30-28-40(60(38)42)37-17-13-19-41(49)59(37)39)64-52-24-10-8-22-46(52)62(3,4)48-32-44-36-16-6-12-26-56(36)66-58(44)34-54(48)64/h5-34H,1-4H3. The number of fused-ring (bicyclic) bond motifs is 12. The molecule has 11 aromatic carbocycles. The minimum absolute atomic E-state index is 0.187. The maximum atomic E-state index is 2.57. The fraction of sp³-hybridized carbons (Fsp3) is 0.0968. The molecule has 0 fully saturated rings. The summed E-state index contributed by atoms with van der Waals surface area (Å²) < 4.78 is 5.32. The molecule has 0 spiro atoms. The smallest absolute Gasteiger partial charge is 0.0540 e. The SMILES string of the molecule is CC1(C)c2ccccc2N(c2ccc3c4cccc5c(N6c7ccccc7C(C)(C)c7cc8c(cc76)sc6ccccc68)ccc(c6cccc2c63)c54)c2cc3sc4ccccc4c3cc21. The summed E-state index contributed by atoms with van der Waals surface area (Å²) in [6, 6.07) is 69.5. The zero-order valence-electron chi connectivity index (χ0n) is 37.0. The van der Waals surface area contributed by atoms with E-state index in [1.165, 1.54) is 140 Å². The van der Waals surface area contributed by atoms with Crippen LogP contribution >= 0.6 is 22.7 Å². The average molecular weight is 879 g/mol. The lowest BCUT2D eigenvalue weighted by Crippen LogP contribution is -2.30. The zero-order valence-corrected chi connectivity index (χ0v) is 38.7. The van der Waals surface area contributed by atoms with Crippen LogP contribution in [-0.2, 0) is 10.8 Å². The lowest BCUT2D eigenvalue weighted by molar-refractivity contribution is 0.633. The van der Waals surface area contributed by atoms with E-state index in [-0.39, 0.29) is 10.8 Å². The predicted molar refractivity (Wildman–Crippen MR) is 287 cm³/mol. The van der Waals surface area contributed by atoms with Crippen LogP contribution in [0.1, 0.15) is 49.9 Å². The molecule has 4 heteroatoms. The third-order valence-electron chi connectivity index (χ3n) is 15.6. The second-order valence-electron chi connectivity index (χ2n) is 19.6. The van der Waals surface area contributed by atoms with Crippen LogP contribution in [0.25, 0.3) is 83.4 Å². The van der Waals surface area contributed by atoms with Crippen LogP contribution in [0, 0.1) is 0 Å². The molecule has 0 saturated heterocycles. The first-order valence-corrected chi connectivity index (χ1v) is 24.7. The molecule has 0 amide bonds. The Kier molecular flexibility index (Phi) is 7.16. The minimum atomic E-state index is -0.187. The van der Waals surface area contributed by atoms with Gasteiger partial charge in [0, 0.05) is 61.9 Å². The molecule has 2 aliphatic rings. The third-order valence-corrected chi connectivity index (χ3v) is 17.8. The normalized spacial score (nSPS) is 15.2. The third kappa shape index (κ3) is 4.65. The summed E-state index contributed by atoms with van der Waals surface area (Å²) in [4.78, 5) is 5.14. The molecule has 0 radical (unpaired) electrons.